The van der Waals surface area contributed by atoms with Crippen LogP contribution in [0.2, 0.25) is 0 Å². The fourth-order valence-corrected chi connectivity index (χ4v) is 2.04. The summed E-state index contributed by atoms with van der Waals surface area (Å²) in [6.07, 6.45) is 3.32. The van der Waals surface area contributed by atoms with E-state index in [2.05, 4.69) is 10.1 Å². The first-order chi connectivity index (χ1) is 9.74. The lowest BCUT2D eigenvalue weighted by molar-refractivity contribution is 0.0603. The molecule has 21 heavy (non-hydrogen) atoms. The summed E-state index contributed by atoms with van der Waals surface area (Å²) in [6.45, 7) is 7.34. The van der Waals surface area contributed by atoms with Crippen LogP contribution in [0.3, 0.4) is 0 Å². The fourth-order valence-electron chi connectivity index (χ4n) is 2.04. The minimum atomic E-state index is -0.607. The van der Waals surface area contributed by atoms with Crippen molar-refractivity contribution in [2.75, 3.05) is 11.9 Å². The van der Waals surface area contributed by atoms with Gasteiger partial charge in [-0.05, 0) is 40.5 Å². The first-order valence-electron chi connectivity index (χ1n) is 7.04. The van der Waals surface area contributed by atoms with E-state index in [-0.39, 0.29) is 5.96 Å². The summed E-state index contributed by atoms with van der Waals surface area (Å²) in [4.78, 5) is 17.6. The Balaban J connectivity index is 2.34. The summed E-state index contributed by atoms with van der Waals surface area (Å²) in [6, 6.07) is 0.430. The van der Waals surface area contributed by atoms with Crippen molar-refractivity contribution in [3.8, 4) is 0 Å². The second-order valence-electron chi connectivity index (χ2n) is 6.19. The summed E-state index contributed by atoms with van der Waals surface area (Å²) in [5.41, 5.74) is 6.76. The molecule has 7 nitrogen and oxygen atoms in total. The Morgan fingerprint density at radius 2 is 2.14 bits per heavy atom. The summed E-state index contributed by atoms with van der Waals surface area (Å²) >= 11 is 0. The van der Waals surface area contributed by atoms with Gasteiger partial charge in [-0.1, -0.05) is 0 Å². The predicted molar refractivity (Wildman–Crippen MR) is 81.5 cm³/mol. The Labute approximate surface area is 124 Å². The van der Waals surface area contributed by atoms with E-state index < -0.39 is 11.7 Å². The van der Waals surface area contributed by atoms with Gasteiger partial charge in [0.1, 0.15) is 5.60 Å². The van der Waals surface area contributed by atoms with Gasteiger partial charge in [-0.3, -0.25) is 9.67 Å². The molecule has 1 aliphatic carbocycles. The molecule has 1 heterocycles. The van der Waals surface area contributed by atoms with Gasteiger partial charge in [0.15, 0.2) is 0 Å². The van der Waals surface area contributed by atoms with Crippen molar-refractivity contribution in [1.29, 1.82) is 0 Å². The molecule has 0 bridgehead atoms. The second kappa shape index (κ2) is 5.38. The van der Waals surface area contributed by atoms with Crippen LogP contribution >= 0.6 is 0 Å². The molecule has 0 radical (unpaired) electrons. The maximum absolute atomic E-state index is 12.4. The molecule has 1 aromatic rings. The van der Waals surface area contributed by atoms with Gasteiger partial charge in [0.25, 0.3) is 0 Å². The molecular weight excluding hydrogens is 270 g/mol. The quantitative estimate of drug-likeness (QED) is 0.669. The van der Waals surface area contributed by atoms with Crippen LogP contribution in [0.5, 0.6) is 0 Å². The second-order valence-corrected chi connectivity index (χ2v) is 6.19. The van der Waals surface area contributed by atoms with E-state index in [1.807, 2.05) is 32.4 Å². The molecule has 0 unspecified atom stereocenters. The van der Waals surface area contributed by atoms with E-state index in [9.17, 15) is 4.79 Å². The Kier molecular flexibility index (Phi) is 3.93. The van der Waals surface area contributed by atoms with Crippen molar-refractivity contribution in [3.63, 3.8) is 0 Å². The van der Waals surface area contributed by atoms with Gasteiger partial charge in [-0.2, -0.15) is 5.10 Å². The van der Waals surface area contributed by atoms with Crippen LogP contribution in [0.1, 0.15) is 45.3 Å². The van der Waals surface area contributed by atoms with Crippen LogP contribution < -0.4 is 10.6 Å². The Hall–Kier alpha value is -2.05. The normalized spacial score (nSPS) is 16.0. The molecule has 0 atom stereocenters. The number of amides is 1. The van der Waals surface area contributed by atoms with E-state index in [0.29, 0.717) is 11.7 Å². The molecule has 1 aromatic heterocycles. The molecule has 1 fully saturated rings. The standard InChI is InChI=1S/C14H23N5O2/c1-9-11(8-17-19(9)10-6-7-10)18(12(15)16-5)13(20)21-14(2,3)4/h8,10H,6-7H2,1-5H3,(H2,15,16). The van der Waals surface area contributed by atoms with Crippen molar-refractivity contribution in [2.45, 2.75) is 52.2 Å². The van der Waals surface area contributed by atoms with Crippen LogP contribution in [0.4, 0.5) is 10.5 Å². The number of hydrogen-bond donors (Lipinski definition) is 1. The van der Waals surface area contributed by atoms with E-state index in [0.717, 1.165) is 18.5 Å². The summed E-state index contributed by atoms with van der Waals surface area (Å²) in [7, 11) is 1.54. The molecule has 0 saturated heterocycles. The molecule has 2 N–H and O–H groups in total. The smallest absolute Gasteiger partial charge is 0.421 e. The third kappa shape index (κ3) is 3.34. The van der Waals surface area contributed by atoms with Gasteiger partial charge in [0.05, 0.1) is 23.6 Å². The highest BCUT2D eigenvalue weighted by atomic mass is 16.6. The molecule has 0 spiro atoms. The van der Waals surface area contributed by atoms with Crippen molar-refractivity contribution >= 4 is 17.7 Å². The Bertz CT molecular complexity index is 566. The minimum Gasteiger partial charge on any atom is -0.443 e. The topological polar surface area (TPSA) is 85.7 Å². The van der Waals surface area contributed by atoms with Crippen LogP contribution in [0.25, 0.3) is 0 Å². The average Bonchev–Trinajstić information content (AvgIpc) is 3.13. The number of carbonyl (C=O) groups excluding carboxylic acids is 1. The van der Waals surface area contributed by atoms with Crippen LogP contribution in [0, 0.1) is 6.92 Å². The molecule has 7 heteroatoms. The lowest BCUT2D eigenvalue weighted by atomic mass is 10.2. The Morgan fingerprint density at radius 1 is 1.52 bits per heavy atom. The zero-order chi connectivity index (χ0) is 15.8. The maximum Gasteiger partial charge on any atom is 0.421 e. The number of rotatable bonds is 2. The highest BCUT2D eigenvalue weighted by Gasteiger charge is 2.32. The molecule has 116 valence electrons. The molecular formula is C14H23N5O2. The lowest BCUT2D eigenvalue weighted by Crippen LogP contribution is -2.45. The minimum absolute atomic E-state index is 0.0858. The van der Waals surface area contributed by atoms with E-state index in [4.69, 9.17) is 10.5 Å². The largest absolute Gasteiger partial charge is 0.443 e. The number of ether oxygens (including phenoxy) is 1. The van der Waals surface area contributed by atoms with Crippen molar-refractivity contribution in [1.82, 2.24) is 9.78 Å². The lowest BCUT2D eigenvalue weighted by Gasteiger charge is -2.26. The van der Waals surface area contributed by atoms with Crippen LogP contribution in [-0.2, 0) is 4.74 Å². The molecule has 0 aromatic carbocycles. The van der Waals surface area contributed by atoms with Gasteiger partial charge in [-0.15, -0.1) is 0 Å². The predicted octanol–water partition coefficient (Wildman–Crippen LogP) is 2.21. The number of anilines is 1. The van der Waals surface area contributed by atoms with Crippen molar-refractivity contribution < 1.29 is 9.53 Å². The van der Waals surface area contributed by atoms with Crippen molar-refractivity contribution in [3.05, 3.63) is 11.9 Å². The van der Waals surface area contributed by atoms with E-state index >= 15 is 0 Å². The SMILES string of the molecule is CN=C(N)N(C(=O)OC(C)(C)C)c1cnn(C2CC2)c1C. The number of carbonyl (C=O) groups is 1. The molecule has 1 saturated carbocycles. The third-order valence-electron chi connectivity index (χ3n) is 3.19. The van der Waals surface area contributed by atoms with Crippen LogP contribution in [0.15, 0.2) is 11.2 Å². The van der Waals surface area contributed by atoms with Gasteiger partial charge in [0, 0.05) is 7.05 Å². The molecule has 1 amide bonds. The third-order valence-corrected chi connectivity index (χ3v) is 3.19. The zero-order valence-corrected chi connectivity index (χ0v) is 13.3. The average molecular weight is 293 g/mol. The maximum atomic E-state index is 12.4. The number of aromatic nitrogens is 2. The van der Waals surface area contributed by atoms with Gasteiger partial charge in [-0.25, -0.2) is 9.69 Å². The molecule has 2 rings (SSSR count). The number of hydrogen-bond acceptors (Lipinski definition) is 4. The van der Waals surface area contributed by atoms with Crippen molar-refractivity contribution in [2.24, 2.45) is 10.7 Å². The number of aliphatic imine (C=N–C) groups is 1. The van der Waals surface area contributed by atoms with E-state index in [1.165, 1.54) is 11.9 Å². The van der Waals surface area contributed by atoms with Crippen LogP contribution in [-0.4, -0.2) is 34.5 Å². The Morgan fingerprint density at radius 3 is 2.62 bits per heavy atom. The molecule has 0 aliphatic heterocycles. The first-order valence-corrected chi connectivity index (χ1v) is 7.04. The fraction of sp³-hybridized carbons (Fsp3) is 0.643. The van der Waals surface area contributed by atoms with E-state index in [1.54, 1.807) is 6.20 Å². The monoisotopic (exact) mass is 293 g/mol. The number of nitrogens with two attached hydrogens (primary N) is 1. The summed E-state index contributed by atoms with van der Waals surface area (Å²) < 4.78 is 7.33. The van der Waals surface area contributed by atoms with Gasteiger partial charge >= 0.3 is 6.09 Å². The van der Waals surface area contributed by atoms with Gasteiger partial charge < -0.3 is 10.5 Å². The zero-order valence-electron chi connectivity index (χ0n) is 13.3. The van der Waals surface area contributed by atoms with Gasteiger partial charge in [0.2, 0.25) is 5.96 Å². The highest BCUT2D eigenvalue weighted by Crippen LogP contribution is 2.37. The molecule has 1 aliphatic rings. The first kappa shape index (κ1) is 15.3. The number of nitrogens with zero attached hydrogens (tertiary/aromatic N) is 4. The summed E-state index contributed by atoms with van der Waals surface area (Å²) in [5.74, 6) is 0.0858. The summed E-state index contributed by atoms with van der Waals surface area (Å²) in [5, 5.41) is 4.35. The highest BCUT2D eigenvalue weighted by molar-refractivity contribution is 6.13. The number of guanidine groups is 1.